The minimum Gasteiger partial charge on any atom is -0.376 e. The smallest absolute Gasteiger partial charge is 0.376 e. The highest BCUT2D eigenvalue weighted by molar-refractivity contribution is 6.62. The highest BCUT2D eigenvalue weighted by atomic mass is 28.4. The summed E-state index contributed by atoms with van der Waals surface area (Å²) in [5.74, 6) is 0. The predicted molar refractivity (Wildman–Crippen MR) is 84.6 cm³/mol. The third-order valence-corrected chi connectivity index (χ3v) is 6.18. The summed E-state index contributed by atoms with van der Waals surface area (Å²) < 4.78 is 16.3. The van der Waals surface area contributed by atoms with Gasteiger partial charge in [-0.3, -0.25) is 0 Å². The summed E-state index contributed by atoms with van der Waals surface area (Å²) in [6, 6.07) is 10.1. The molecule has 0 aromatic heterocycles. The molecule has 0 fully saturated rings. The van der Waals surface area contributed by atoms with E-state index in [1.165, 1.54) is 5.56 Å². The van der Waals surface area contributed by atoms with E-state index in [1.54, 1.807) is 21.3 Å². The van der Waals surface area contributed by atoms with E-state index >= 15 is 0 Å². The van der Waals surface area contributed by atoms with E-state index in [4.69, 9.17) is 19.0 Å². The lowest BCUT2D eigenvalue weighted by Crippen LogP contribution is -2.48. The maximum Gasteiger partial charge on any atom is 0.507 e. The fourth-order valence-corrected chi connectivity index (χ4v) is 4.03. The van der Waals surface area contributed by atoms with Gasteiger partial charge in [0.15, 0.2) is 0 Å². The second kappa shape index (κ2) is 11.0. The molecule has 1 unspecified atom stereocenters. The van der Waals surface area contributed by atoms with Gasteiger partial charge in [0.1, 0.15) is 0 Å². The number of nitrogens with two attached hydrogens (primary N) is 1. The van der Waals surface area contributed by atoms with Crippen LogP contribution in [0.25, 0.3) is 0 Å². The van der Waals surface area contributed by atoms with Crippen LogP contribution in [0.1, 0.15) is 18.0 Å². The third-order valence-electron chi connectivity index (χ3n) is 3.08. The summed E-state index contributed by atoms with van der Waals surface area (Å²) in [6.07, 6.45) is 0. The van der Waals surface area contributed by atoms with Crippen molar-refractivity contribution in [1.29, 1.82) is 0 Å². The number of hydrogen-bond acceptors (Lipinski definition) is 5. The van der Waals surface area contributed by atoms with Crippen LogP contribution in [-0.2, 0) is 13.3 Å². The summed E-state index contributed by atoms with van der Waals surface area (Å²) >= 11 is 0. The molecule has 0 saturated carbocycles. The van der Waals surface area contributed by atoms with Gasteiger partial charge in [-0.15, -0.1) is 0 Å². The Balaban J connectivity index is 0.000000621. The van der Waals surface area contributed by atoms with Crippen molar-refractivity contribution in [3.63, 3.8) is 0 Å². The van der Waals surface area contributed by atoms with Crippen LogP contribution in [-0.4, -0.2) is 50.3 Å². The Morgan fingerprint density at radius 3 is 1.90 bits per heavy atom. The van der Waals surface area contributed by atoms with Crippen molar-refractivity contribution in [3.05, 3.63) is 35.9 Å². The second-order valence-corrected chi connectivity index (χ2v) is 7.54. The maximum atomic E-state index is 5.45. The van der Waals surface area contributed by atoms with Gasteiger partial charge in [-0.1, -0.05) is 37.3 Å². The molecule has 1 aromatic rings. The molecule has 0 bridgehead atoms. The van der Waals surface area contributed by atoms with Crippen LogP contribution in [0.3, 0.4) is 0 Å². The van der Waals surface area contributed by atoms with Crippen molar-refractivity contribution < 1.29 is 13.3 Å². The van der Waals surface area contributed by atoms with E-state index in [9.17, 15) is 0 Å². The Bertz CT molecular complexity index is 324. The van der Waals surface area contributed by atoms with Crippen LogP contribution < -0.4 is 11.1 Å². The largest absolute Gasteiger partial charge is 0.507 e. The standard InChI is InChI=1S/C11H18O3Si.C3H10N2/c1-10(11-8-6-5-7-9-11)15(12-2,13-3)14-4;1-5-3-2-4/h5-10H,1-4H3;5H,2-4H2,1H3. The zero-order valence-corrected chi connectivity index (χ0v) is 14.2. The zero-order valence-electron chi connectivity index (χ0n) is 13.2. The van der Waals surface area contributed by atoms with Gasteiger partial charge in [0.05, 0.1) is 5.54 Å². The molecule has 0 amide bonds. The fraction of sp³-hybridized carbons (Fsp3) is 0.571. The first-order chi connectivity index (χ1) is 9.61. The molecule has 0 aliphatic rings. The molecule has 1 atom stereocenters. The lowest BCUT2D eigenvalue weighted by Gasteiger charge is -2.30. The highest BCUT2D eigenvalue weighted by Gasteiger charge is 2.45. The molecule has 1 aromatic carbocycles. The molecule has 116 valence electrons. The average Bonchev–Trinajstić information content (AvgIpc) is 2.52. The molecule has 0 aliphatic heterocycles. The summed E-state index contributed by atoms with van der Waals surface area (Å²) in [7, 11) is 4.23. The van der Waals surface area contributed by atoms with Crippen LogP contribution in [0, 0.1) is 0 Å². The summed E-state index contributed by atoms with van der Waals surface area (Å²) in [4.78, 5) is 0. The Hall–Kier alpha value is -0.763. The van der Waals surface area contributed by atoms with Gasteiger partial charge in [0, 0.05) is 34.4 Å². The third kappa shape index (κ3) is 5.70. The van der Waals surface area contributed by atoms with E-state index in [2.05, 4.69) is 24.4 Å². The Morgan fingerprint density at radius 2 is 1.60 bits per heavy atom. The van der Waals surface area contributed by atoms with Crippen molar-refractivity contribution in [2.75, 3.05) is 41.5 Å². The highest BCUT2D eigenvalue weighted by Crippen LogP contribution is 2.27. The van der Waals surface area contributed by atoms with E-state index < -0.39 is 8.80 Å². The first-order valence-electron chi connectivity index (χ1n) is 6.66. The molecular formula is C14H28N2O3Si. The Labute approximate surface area is 123 Å². The Kier molecular flexibility index (Phi) is 10.5. The van der Waals surface area contributed by atoms with Crippen LogP contribution in [0.4, 0.5) is 0 Å². The van der Waals surface area contributed by atoms with Gasteiger partial charge in [0.2, 0.25) is 0 Å². The molecule has 0 spiro atoms. The number of hydrogen-bond donors (Lipinski definition) is 2. The minimum absolute atomic E-state index is 0.138. The van der Waals surface area contributed by atoms with E-state index in [1.807, 2.05) is 25.2 Å². The second-order valence-electron chi connectivity index (χ2n) is 4.24. The van der Waals surface area contributed by atoms with Gasteiger partial charge < -0.3 is 24.3 Å². The fourth-order valence-electron chi connectivity index (χ4n) is 1.87. The van der Waals surface area contributed by atoms with E-state index in [0.29, 0.717) is 0 Å². The quantitative estimate of drug-likeness (QED) is 0.745. The van der Waals surface area contributed by atoms with Crippen molar-refractivity contribution in [2.24, 2.45) is 5.73 Å². The first kappa shape index (κ1) is 19.2. The normalized spacial score (nSPS) is 12.5. The molecule has 20 heavy (non-hydrogen) atoms. The van der Waals surface area contributed by atoms with E-state index in [0.717, 1.165) is 13.1 Å². The van der Waals surface area contributed by atoms with Gasteiger partial charge in [0.25, 0.3) is 0 Å². The lowest BCUT2D eigenvalue weighted by molar-refractivity contribution is 0.114. The molecule has 6 heteroatoms. The zero-order chi connectivity index (χ0) is 15.4. The molecular weight excluding hydrogens is 272 g/mol. The van der Waals surface area contributed by atoms with Crippen LogP contribution in [0.2, 0.25) is 0 Å². The molecule has 0 radical (unpaired) electrons. The summed E-state index contributed by atoms with van der Waals surface area (Å²) in [5.41, 5.74) is 6.39. The summed E-state index contributed by atoms with van der Waals surface area (Å²) in [6.45, 7) is 3.72. The molecule has 1 rings (SSSR count). The van der Waals surface area contributed by atoms with Crippen molar-refractivity contribution in [2.45, 2.75) is 12.5 Å². The number of likely N-dealkylation sites (N-methyl/N-ethyl adjacent to an activating group) is 1. The molecule has 3 N–H and O–H groups in total. The van der Waals surface area contributed by atoms with Crippen LogP contribution >= 0.6 is 0 Å². The number of benzene rings is 1. The number of rotatable bonds is 7. The Morgan fingerprint density at radius 1 is 1.10 bits per heavy atom. The first-order valence-corrected chi connectivity index (χ1v) is 8.47. The SMILES string of the molecule is CNCCN.CO[Si](OC)(OC)C(C)c1ccccc1. The molecule has 0 saturated heterocycles. The summed E-state index contributed by atoms with van der Waals surface area (Å²) in [5, 5.41) is 2.89. The van der Waals surface area contributed by atoms with Crippen molar-refractivity contribution in [3.8, 4) is 0 Å². The van der Waals surface area contributed by atoms with Gasteiger partial charge in [-0.2, -0.15) is 0 Å². The number of nitrogens with one attached hydrogen (secondary N) is 1. The van der Waals surface area contributed by atoms with E-state index in [-0.39, 0.29) is 5.54 Å². The monoisotopic (exact) mass is 300 g/mol. The lowest BCUT2D eigenvalue weighted by atomic mass is 10.2. The van der Waals surface area contributed by atoms with Crippen molar-refractivity contribution in [1.82, 2.24) is 5.32 Å². The van der Waals surface area contributed by atoms with Gasteiger partial charge >= 0.3 is 8.80 Å². The topological polar surface area (TPSA) is 65.7 Å². The molecule has 0 aliphatic carbocycles. The maximum absolute atomic E-state index is 5.45. The van der Waals surface area contributed by atoms with Gasteiger partial charge in [-0.05, 0) is 12.6 Å². The van der Waals surface area contributed by atoms with Crippen LogP contribution in [0.15, 0.2) is 30.3 Å². The molecule has 0 heterocycles. The predicted octanol–water partition coefficient (Wildman–Crippen LogP) is 1.37. The van der Waals surface area contributed by atoms with Crippen LogP contribution in [0.5, 0.6) is 0 Å². The molecule has 5 nitrogen and oxygen atoms in total. The average molecular weight is 300 g/mol. The minimum atomic E-state index is -2.56. The van der Waals surface area contributed by atoms with Crippen molar-refractivity contribution >= 4 is 8.80 Å². The van der Waals surface area contributed by atoms with Gasteiger partial charge in [-0.25, -0.2) is 0 Å².